The van der Waals surface area contributed by atoms with Crippen LogP contribution in [0, 0.1) is 11.8 Å². The number of ether oxygens (including phenoxy) is 1. The third-order valence-corrected chi connectivity index (χ3v) is 5.43. The molecule has 0 amide bonds. The topological polar surface area (TPSA) is 53.0 Å². The summed E-state index contributed by atoms with van der Waals surface area (Å²) in [5, 5.41) is 3.51. The highest BCUT2D eigenvalue weighted by Crippen LogP contribution is 2.23. The van der Waals surface area contributed by atoms with Crippen LogP contribution in [-0.4, -0.2) is 61.8 Å². The summed E-state index contributed by atoms with van der Waals surface area (Å²) < 4.78 is 5.61. The molecule has 3 rings (SSSR count). The molecule has 0 aromatic carbocycles. The Morgan fingerprint density at radius 2 is 2.19 bits per heavy atom. The SMILES string of the molecule is CN=C(NCc1ccc(N2CCOC(C)C2)nc1)N1CCC(CC(C)C)C1. The fourth-order valence-electron chi connectivity index (χ4n) is 4.13. The van der Waals surface area contributed by atoms with Gasteiger partial charge in [0, 0.05) is 46.0 Å². The standard InChI is InChI=1S/C21H35N5O/c1-16(2)11-18-7-8-26(15-18)21(22-4)24-13-19-5-6-20(23-12-19)25-9-10-27-17(3)14-25/h5-6,12,16-18H,7-11,13-15H2,1-4H3,(H,22,24). The van der Waals surface area contributed by atoms with Crippen LogP contribution in [0.3, 0.4) is 0 Å². The zero-order valence-corrected chi connectivity index (χ0v) is 17.3. The number of rotatable bonds is 5. The van der Waals surface area contributed by atoms with Crippen LogP contribution in [0.5, 0.6) is 0 Å². The van der Waals surface area contributed by atoms with Crippen molar-refractivity contribution in [1.29, 1.82) is 0 Å². The van der Waals surface area contributed by atoms with Gasteiger partial charge in [-0.2, -0.15) is 0 Å². The Labute approximate surface area is 164 Å². The van der Waals surface area contributed by atoms with Gasteiger partial charge in [0.2, 0.25) is 0 Å². The van der Waals surface area contributed by atoms with Gasteiger partial charge in [0.05, 0.1) is 12.7 Å². The molecule has 27 heavy (non-hydrogen) atoms. The van der Waals surface area contributed by atoms with E-state index in [1.165, 1.54) is 18.4 Å². The Hall–Kier alpha value is -1.82. The molecule has 2 aliphatic rings. The number of likely N-dealkylation sites (tertiary alicyclic amines) is 1. The maximum atomic E-state index is 5.61. The van der Waals surface area contributed by atoms with Crippen molar-refractivity contribution < 1.29 is 4.74 Å². The number of aromatic nitrogens is 1. The second-order valence-corrected chi connectivity index (χ2v) is 8.28. The van der Waals surface area contributed by atoms with Crippen molar-refractivity contribution in [2.45, 2.75) is 46.3 Å². The van der Waals surface area contributed by atoms with Gasteiger partial charge in [0.15, 0.2) is 5.96 Å². The minimum Gasteiger partial charge on any atom is -0.375 e. The second-order valence-electron chi connectivity index (χ2n) is 8.28. The van der Waals surface area contributed by atoms with Crippen molar-refractivity contribution in [3.8, 4) is 0 Å². The number of anilines is 1. The smallest absolute Gasteiger partial charge is 0.193 e. The number of pyridine rings is 1. The van der Waals surface area contributed by atoms with Crippen LogP contribution in [0.4, 0.5) is 5.82 Å². The van der Waals surface area contributed by atoms with Crippen molar-refractivity contribution >= 4 is 11.8 Å². The first-order valence-electron chi connectivity index (χ1n) is 10.3. The van der Waals surface area contributed by atoms with E-state index in [-0.39, 0.29) is 6.10 Å². The molecule has 0 radical (unpaired) electrons. The predicted molar refractivity (Wildman–Crippen MR) is 111 cm³/mol. The number of nitrogens with one attached hydrogen (secondary N) is 1. The van der Waals surface area contributed by atoms with Gasteiger partial charge in [0.1, 0.15) is 5.82 Å². The average molecular weight is 374 g/mol. The van der Waals surface area contributed by atoms with E-state index in [0.29, 0.717) is 0 Å². The zero-order valence-electron chi connectivity index (χ0n) is 17.3. The van der Waals surface area contributed by atoms with E-state index in [4.69, 9.17) is 4.74 Å². The van der Waals surface area contributed by atoms with Crippen molar-refractivity contribution in [3.05, 3.63) is 23.9 Å². The summed E-state index contributed by atoms with van der Waals surface area (Å²) in [6, 6.07) is 4.28. The molecule has 6 nitrogen and oxygen atoms in total. The molecular weight excluding hydrogens is 338 g/mol. The lowest BCUT2D eigenvalue weighted by Gasteiger charge is -2.32. The monoisotopic (exact) mass is 373 g/mol. The summed E-state index contributed by atoms with van der Waals surface area (Å²) in [6.45, 7) is 12.3. The highest BCUT2D eigenvalue weighted by atomic mass is 16.5. The minimum atomic E-state index is 0.269. The number of guanidine groups is 1. The Morgan fingerprint density at radius 1 is 1.33 bits per heavy atom. The van der Waals surface area contributed by atoms with E-state index >= 15 is 0 Å². The molecule has 2 atom stereocenters. The van der Waals surface area contributed by atoms with Gasteiger partial charge in [-0.05, 0) is 43.2 Å². The summed E-state index contributed by atoms with van der Waals surface area (Å²) in [4.78, 5) is 13.8. The van der Waals surface area contributed by atoms with Crippen molar-refractivity contribution in [1.82, 2.24) is 15.2 Å². The number of morpholine rings is 1. The molecule has 2 fully saturated rings. The molecule has 2 aliphatic heterocycles. The highest BCUT2D eigenvalue weighted by Gasteiger charge is 2.25. The summed E-state index contributed by atoms with van der Waals surface area (Å²) in [6.07, 6.45) is 4.82. The molecule has 0 aliphatic carbocycles. The van der Waals surface area contributed by atoms with Crippen molar-refractivity contribution in [3.63, 3.8) is 0 Å². The van der Waals surface area contributed by atoms with Gasteiger partial charge in [-0.1, -0.05) is 19.9 Å². The second kappa shape index (κ2) is 9.40. The van der Waals surface area contributed by atoms with Gasteiger partial charge in [-0.3, -0.25) is 4.99 Å². The Morgan fingerprint density at radius 3 is 2.85 bits per heavy atom. The largest absolute Gasteiger partial charge is 0.375 e. The fraction of sp³-hybridized carbons (Fsp3) is 0.714. The molecule has 1 aromatic rings. The fourth-order valence-corrected chi connectivity index (χ4v) is 4.13. The summed E-state index contributed by atoms with van der Waals surface area (Å²) in [5.41, 5.74) is 1.18. The Bertz CT molecular complexity index is 616. The van der Waals surface area contributed by atoms with Gasteiger partial charge < -0.3 is 19.9 Å². The predicted octanol–water partition coefficient (Wildman–Crippen LogP) is 2.75. The molecule has 0 bridgehead atoms. The first kappa shape index (κ1) is 19.9. The third-order valence-electron chi connectivity index (χ3n) is 5.43. The van der Waals surface area contributed by atoms with Crippen molar-refractivity contribution in [2.75, 3.05) is 44.7 Å². The molecular formula is C21H35N5O. The number of hydrogen-bond acceptors (Lipinski definition) is 4. The molecule has 3 heterocycles. The van der Waals surface area contributed by atoms with Crippen LogP contribution in [-0.2, 0) is 11.3 Å². The van der Waals surface area contributed by atoms with E-state index < -0.39 is 0 Å². The maximum Gasteiger partial charge on any atom is 0.193 e. The first-order valence-corrected chi connectivity index (χ1v) is 10.3. The van der Waals surface area contributed by atoms with E-state index in [1.54, 1.807) is 0 Å². The molecule has 0 spiro atoms. The van der Waals surface area contributed by atoms with Crippen LogP contribution in [0.2, 0.25) is 0 Å². The molecule has 2 saturated heterocycles. The van der Waals surface area contributed by atoms with Crippen LogP contribution >= 0.6 is 0 Å². The molecule has 2 unspecified atom stereocenters. The van der Waals surface area contributed by atoms with Gasteiger partial charge in [-0.15, -0.1) is 0 Å². The molecule has 150 valence electrons. The lowest BCUT2D eigenvalue weighted by Crippen LogP contribution is -2.41. The van der Waals surface area contributed by atoms with Crippen LogP contribution < -0.4 is 10.2 Å². The quantitative estimate of drug-likeness (QED) is 0.635. The third kappa shape index (κ3) is 5.58. The van der Waals surface area contributed by atoms with Gasteiger partial charge >= 0.3 is 0 Å². The molecule has 0 saturated carbocycles. The number of hydrogen-bond donors (Lipinski definition) is 1. The van der Waals surface area contributed by atoms with Crippen molar-refractivity contribution in [2.24, 2.45) is 16.8 Å². The lowest BCUT2D eigenvalue weighted by molar-refractivity contribution is 0.0529. The van der Waals surface area contributed by atoms with Gasteiger partial charge in [-0.25, -0.2) is 4.98 Å². The maximum absolute atomic E-state index is 5.61. The summed E-state index contributed by atoms with van der Waals surface area (Å²) in [5.74, 6) is 3.60. The van der Waals surface area contributed by atoms with E-state index in [0.717, 1.165) is 62.9 Å². The number of nitrogens with zero attached hydrogens (tertiary/aromatic N) is 4. The van der Waals surface area contributed by atoms with Crippen LogP contribution in [0.25, 0.3) is 0 Å². The Balaban J connectivity index is 1.50. The highest BCUT2D eigenvalue weighted by molar-refractivity contribution is 5.80. The molecule has 6 heteroatoms. The van der Waals surface area contributed by atoms with Crippen LogP contribution in [0.15, 0.2) is 23.3 Å². The van der Waals surface area contributed by atoms with E-state index in [2.05, 4.69) is 58.0 Å². The molecule has 1 aromatic heterocycles. The van der Waals surface area contributed by atoms with Crippen LogP contribution in [0.1, 0.15) is 39.2 Å². The first-order chi connectivity index (χ1) is 13.0. The zero-order chi connectivity index (χ0) is 19.2. The number of aliphatic imine (C=N–C) groups is 1. The van der Waals surface area contributed by atoms with Gasteiger partial charge in [0.25, 0.3) is 0 Å². The van der Waals surface area contributed by atoms with E-state index in [9.17, 15) is 0 Å². The summed E-state index contributed by atoms with van der Waals surface area (Å²) in [7, 11) is 1.87. The van der Waals surface area contributed by atoms with E-state index in [1.807, 2.05) is 13.2 Å². The summed E-state index contributed by atoms with van der Waals surface area (Å²) >= 11 is 0. The minimum absolute atomic E-state index is 0.269. The Kier molecular flexibility index (Phi) is 6.94. The average Bonchev–Trinajstić information content (AvgIpc) is 3.10. The molecule has 1 N–H and O–H groups in total. The lowest BCUT2D eigenvalue weighted by atomic mass is 9.97. The normalized spacial score (nSPS) is 24.0.